The Kier molecular flexibility index (Phi) is 4.41. The number of carbonyl (C=O) groups is 1. The second-order valence-electron chi connectivity index (χ2n) is 7.80. The van der Waals surface area contributed by atoms with Crippen LogP contribution in [0.5, 0.6) is 5.75 Å². The number of phenolic OH excluding ortho intramolecular Hbond substituents is 1. The third-order valence-corrected chi connectivity index (χ3v) is 6.12. The fourth-order valence-corrected chi connectivity index (χ4v) is 4.70. The molecule has 134 valence electrons. The summed E-state index contributed by atoms with van der Waals surface area (Å²) in [5.41, 5.74) is 2.98. The lowest BCUT2D eigenvalue weighted by Gasteiger charge is -2.50. The summed E-state index contributed by atoms with van der Waals surface area (Å²) in [6, 6.07) is 17.6. The van der Waals surface area contributed by atoms with E-state index in [1.807, 2.05) is 42.5 Å². The first-order valence-electron chi connectivity index (χ1n) is 9.34. The monoisotopic (exact) mass is 347 g/mol. The molecule has 1 aliphatic heterocycles. The highest BCUT2D eigenvalue weighted by atomic mass is 16.3. The molecule has 2 aromatic rings. The molecule has 0 spiro atoms. The number of carbonyl (C=O) groups excluding carboxylic acids is 1. The van der Waals surface area contributed by atoms with Gasteiger partial charge in [-0.25, -0.2) is 0 Å². The summed E-state index contributed by atoms with van der Waals surface area (Å²) in [4.78, 5) is 15.4. The quantitative estimate of drug-likeness (QED) is 0.834. The van der Waals surface area contributed by atoms with E-state index in [1.54, 1.807) is 6.07 Å². The van der Waals surface area contributed by atoms with Crippen LogP contribution in [0.4, 0.5) is 0 Å². The van der Waals surface area contributed by atoms with E-state index in [2.05, 4.69) is 24.1 Å². The maximum atomic E-state index is 13.1. The van der Waals surface area contributed by atoms with Crippen molar-refractivity contribution in [3.05, 3.63) is 71.3 Å². The van der Waals surface area contributed by atoms with Gasteiger partial charge in [-0.1, -0.05) is 42.5 Å². The lowest BCUT2D eigenvalue weighted by Crippen LogP contribution is -2.52. The maximum absolute atomic E-state index is 13.1. The molecule has 4 rings (SSSR count). The van der Waals surface area contributed by atoms with Crippen LogP contribution >= 0.6 is 0 Å². The Labute approximate surface area is 155 Å². The van der Waals surface area contributed by atoms with Crippen LogP contribution in [0, 0.1) is 5.92 Å². The number of rotatable bonds is 2. The molecule has 1 aliphatic carbocycles. The van der Waals surface area contributed by atoms with Gasteiger partial charge in [0.15, 0.2) is 5.78 Å². The van der Waals surface area contributed by atoms with E-state index in [-0.39, 0.29) is 16.9 Å². The average Bonchev–Trinajstić information content (AvgIpc) is 2.64. The lowest BCUT2D eigenvalue weighted by atomic mass is 9.58. The molecule has 2 fully saturated rings. The van der Waals surface area contributed by atoms with Gasteiger partial charge in [-0.15, -0.1) is 0 Å². The zero-order valence-electron chi connectivity index (χ0n) is 15.2. The molecule has 0 amide bonds. The largest absolute Gasteiger partial charge is 0.508 e. The molecule has 0 radical (unpaired) electrons. The number of phenols is 1. The molecule has 0 unspecified atom stereocenters. The summed E-state index contributed by atoms with van der Waals surface area (Å²) in [5, 5.41) is 9.99. The van der Waals surface area contributed by atoms with Gasteiger partial charge in [0, 0.05) is 18.4 Å². The van der Waals surface area contributed by atoms with Gasteiger partial charge < -0.3 is 10.0 Å². The Morgan fingerprint density at radius 2 is 1.96 bits per heavy atom. The minimum atomic E-state index is -0.156. The number of hydrogen-bond donors (Lipinski definition) is 1. The number of benzene rings is 2. The number of aromatic hydroxyl groups is 1. The first-order valence-corrected chi connectivity index (χ1v) is 9.34. The van der Waals surface area contributed by atoms with E-state index in [0.29, 0.717) is 12.3 Å². The van der Waals surface area contributed by atoms with Crippen LogP contribution in [-0.4, -0.2) is 35.9 Å². The predicted molar refractivity (Wildman–Crippen MR) is 104 cm³/mol. The van der Waals surface area contributed by atoms with Gasteiger partial charge in [0.25, 0.3) is 0 Å². The topological polar surface area (TPSA) is 40.5 Å². The second kappa shape index (κ2) is 6.73. The van der Waals surface area contributed by atoms with E-state index in [9.17, 15) is 9.90 Å². The summed E-state index contributed by atoms with van der Waals surface area (Å²) in [6.07, 6.45) is 4.35. The second-order valence-corrected chi connectivity index (χ2v) is 7.80. The standard InChI is InChI=1S/C23H25NO2/c1-24-11-10-23(19-8-5-9-21(25)14-19)15-22(26)18(13-20(23)16-24)12-17-6-3-2-4-7-17/h2-9,12,14,20,25H,10-11,13,15-16H2,1H3/t20-,23+/m0/s1. The summed E-state index contributed by atoms with van der Waals surface area (Å²) < 4.78 is 0. The molecule has 1 saturated carbocycles. The van der Waals surface area contributed by atoms with E-state index in [4.69, 9.17) is 0 Å². The van der Waals surface area contributed by atoms with Crippen molar-refractivity contribution >= 4 is 11.9 Å². The van der Waals surface area contributed by atoms with Crippen molar-refractivity contribution in [3.8, 4) is 5.75 Å². The van der Waals surface area contributed by atoms with Crippen LogP contribution in [0.2, 0.25) is 0 Å². The molecule has 1 N–H and O–H groups in total. The Morgan fingerprint density at radius 3 is 2.73 bits per heavy atom. The first kappa shape index (κ1) is 17.0. The molecule has 0 bridgehead atoms. The number of ketones is 1. The van der Waals surface area contributed by atoms with Crippen molar-refractivity contribution in [1.29, 1.82) is 0 Å². The van der Waals surface area contributed by atoms with Crippen LogP contribution in [-0.2, 0) is 10.2 Å². The van der Waals surface area contributed by atoms with Crippen molar-refractivity contribution in [2.75, 3.05) is 20.1 Å². The SMILES string of the molecule is CN1CC[C@]2(c3cccc(O)c3)CC(=O)C(=Cc3ccccc3)C[C@H]2C1. The first-order chi connectivity index (χ1) is 12.6. The summed E-state index contributed by atoms with van der Waals surface area (Å²) >= 11 is 0. The van der Waals surface area contributed by atoms with Crippen molar-refractivity contribution in [2.45, 2.75) is 24.7 Å². The molecule has 3 heteroatoms. The number of piperidine rings is 1. The highest BCUT2D eigenvalue weighted by Gasteiger charge is 2.48. The van der Waals surface area contributed by atoms with Crippen LogP contribution in [0.25, 0.3) is 6.08 Å². The summed E-state index contributed by atoms with van der Waals surface area (Å²) in [7, 11) is 2.16. The van der Waals surface area contributed by atoms with E-state index >= 15 is 0 Å². The Morgan fingerprint density at radius 1 is 1.15 bits per heavy atom. The zero-order valence-corrected chi connectivity index (χ0v) is 15.2. The summed E-state index contributed by atoms with van der Waals surface area (Å²) in [6.45, 7) is 1.96. The summed E-state index contributed by atoms with van der Waals surface area (Å²) in [5.74, 6) is 0.918. The number of Topliss-reactive ketones (excluding diaryl/α,β-unsaturated/α-hetero) is 1. The molecule has 26 heavy (non-hydrogen) atoms. The number of likely N-dealkylation sites (tertiary alicyclic amines) is 1. The molecule has 2 atom stereocenters. The molecule has 1 heterocycles. The third kappa shape index (κ3) is 3.08. The van der Waals surface area contributed by atoms with E-state index in [0.717, 1.165) is 42.6 Å². The Bertz CT molecular complexity index is 842. The molecule has 3 nitrogen and oxygen atoms in total. The minimum Gasteiger partial charge on any atom is -0.508 e. The number of hydrogen-bond acceptors (Lipinski definition) is 3. The molecule has 1 saturated heterocycles. The van der Waals surface area contributed by atoms with Gasteiger partial charge in [-0.05, 0) is 67.3 Å². The van der Waals surface area contributed by atoms with Crippen LogP contribution < -0.4 is 0 Å². The smallest absolute Gasteiger partial charge is 0.159 e. The van der Waals surface area contributed by atoms with E-state index in [1.165, 1.54) is 0 Å². The van der Waals surface area contributed by atoms with Crippen LogP contribution in [0.1, 0.15) is 30.4 Å². The number of nitrogens with zero attached hydrogens (tertiary/aromatic N) is 1. The fraction of sp³-hybridized carbons (Fsp3) is 0.348. The number of allylic oxidation sites excluding steroid dienone is 1. The van der Waals surface area contributed by atoms with Crippen molar-refractivity contribution in [1.82, 2.24) is 4.90 Å². The van der Waals surface area contributed by atoms with Gasteiger partial charge in [0.2, 0.25) is 0 Å². The Hall–Kier alpha value is -2.39. The van der Waals surface area contributed by atoms with Gasteiger partial charge in [-0.2, -0.15) is 0 Å². The van der Waals surface area contributed by atoms with Crippen molar-refractivity contribution in [3.63, 3.8) is 0 Å². The van der Waals surface area contributed by atoms with E-state index < -0.39 is 0 Å². The molecular formula is C23H25NO2. The van der Waals surface area contributed by atoms with Crippen LogP contribution in [0.15, 0.2) is 60.2 Å². The lowest BCUT2D eigenvalue weighted by molar-refractivity contribution is -0.120. The van der Waals surface area contributed by atoms with Crippen molar-refractivity contribution < 1.29 is 9.90 Å². The maximum Gasteiger partial charge on any atom is 0.159 e. The van der Waals surface area contributed by atoms with Gasteiger partial charge in [0.05, 0.1) is 0 Å². The molecule has 2 aliphatic rings. The van der Waals surface area contributed by atoms with Crippen LogP contribution in [0.3, 0.4) is 0 Å². The normalized spacial score (nSPS) is 28.1. The van der Waals surface area contributed by atoms with Gasteiger partial charge >= 0.3 is 0 Å². The fourth-order valence-electron chi connectivity index (χ4n) is 4.70. The predicted octanol–water partition coefficient (Wildman–Crippen LogP) is 4.03. The highest BCUT2D eigenvalue weighted by molar-refractivity contribution is 6.01. The van der Waals surface area contributed by atoms with Gasteiger partial charge in [0.1, 0.15) is 5.75 Å². The highest BCUT2D eigenvalue weighted by Crippen LogP contribution is 2.49. The third-order valence-electron chi connectivity index (χ3n) is 6.12. The Balaban J connectivity index is 1.72. The molecule has 0 aromatic heterocycles. The molecule has 2 aromatic carbocycles. The minimum absolute atomic E-state index is 0.156. The van der Waals surface area contributed by atoms with Crippen molar-refractivity contribution in [2.24, 2.45) is 5.92 Å². The number of fused-ring (bicyclic) bond motifs is 1. The molecular weight excluding hydrogens is 322 g/mol. The zero-order chi connectivity index (χ0) is 18.1. The van der Waals surface area contributed by atoms with Gasteiger partial charge in [-0.3, -0.25) is 4.79 Å². The average molecular weight is 347 g/mol.